The second kappa shape index (κ2) is 6.37. The lowest BCUT2D eigenvalue weighted by atomic mass is 9.93. The molecule has 0 amide bonds. The standard InChI is InChI=1S/C10H6F13I/c1-2-4(24)3-5(11,12)6(13,14)7(15,16)8(17,18)9(19,20)10(21,22)23/h3H,2H2,1H3. The van der Waals surface area contributed by atoms with E-state index in [2.05, 4.69) is 0 Å². The van der Waals surface area contributed by atoms with Crippen LogP contribution in [0.5, 0.6) is 0 Å². The second-order valence-corrected chi connectivity index (χ2v) is 5.75. The van der Waals surface area contributed by atoms with Crippen LogP contribution in [-0.4, -0.2) is 35.8 Å². The quantitative estimate of drug-likeness (QED) is 0.291. The topological polar surface area (TPSA) is 0 Å². The fourth-order valence-corrected chi connectivity index (χ4v) is 1.56. The molecule has 14 heteroatoms. The number of allylic oxidation sites excluding steroid dienone is 2. The molecule has 0 aliphatic rings. The molecule has 0 fully saturated rings. The summed E-state index contributed by atoms with van der Waals surface area (Å²) in [7, 11) is 0. The molecule has 0 aliphatic carbocycles. The van der Waals surface area contributed by atoms with Crippen molar-refractivity contribution < 1.29 is 57.1 Å². The van der Waals surface area contributed by atoms with E-state index < -0.39 is 51.9 Å². The first-order chi connectivity index (χ1) is 10.2. The summed E-state index contributed by atoms with van der Waals surface area (Å²) in [5.74, 6) is -36.6. The van der Waals surface area contributed by atoms with E-state index in [0.717, 1.165) is 29.5 Å². The molecule has 0 bridgehead atoms. The lowest BCUT2D eigenvalue weighted by Gasteiger charge is -2.39. The minimum absolute atomic E-state index is 0.451. The van der Waals surface area contributed by atoms with Crippen LogP contribution in [0, 0.1) is 0 Å². The molecule has 0 saturated carbocycles. The number of halogens is 14. The van der Waals surface area contributed by atoms with Gasteiger partial charge in [-0.2, -0.15) is 57.1 Å². The first kappa shape index (κ1) is 23.6. The van der Waals surface area contributed by atoms with Gasteiger partial charge in [0, 0.05) is 6.08 Å². The molecule has 0 rings (SSSR count). The average molecular weight is 500 g/mol. The van der Waals surface area contributed by atoms with Gasteiger partial charge in [0.2, 0.25) is 0 Å². The van der Waals surface area contributed by atoms with Gasteiger partial charge in [0.1, 0.15) is 0 Å². The molecule has 0 saturated heterocycles. The van der Waals surface area contributed by atoms with Crippen LogP contribution >= 0.6 is 22.6 Å². The highest BCUT2D eigenvalue weighted by molar-refractivity contribution is 14.1. The van der Waals surface area contributed by atoms with E-state index in [4.69, 9.17) is 0 Å². The van der Waals surface area contributed by atoms with Crippen LogP contribution in [0.25, 0.3) is 0 Å². The van der Waals surface area contributed by atoms with Gasteiger partial charge in [-0.1, -0.05) is 6.92 Å². The SMILES string of the molecule is CCC(I)=CC(F)(F)C(F)(F)C(F)(F)C(F)(F)C(F)(F)C(F)(F)F. The van der Waals surface area contributed by atoms with E-state index in [1.54, 1.807) is 0 Å². The van der Waals surface area contributed by atoms with Gasteiger partial charge in [0.15, 0.2) is 0 Å². The van der Waals surface area contributed by atoms with Crippen molar-refractivity contribution in [3.8, 4) is 0 Å². The minimum atomic E-state index is -7.85. The summed E-state index contributed by atoms with van der Waals surface area (Å²) in [6, 6.07) is 0. The van der Waals surface area contributed by atoms with E-state index >= 15 is 0 Å². The Morgan fingerprint density at radius 2 is 1.00 bits per heavy atom. The van der Waals surface area contributed by atoms with Gasteiger partial charge in [-0.25, -0.2) is 0 Å². The Balaban J connectivity index is 6.31. The maximum Gasteiger partial charge on any atom is 0.460 e. The van der Waals surface area contributed by atoms with Gasteiger partial charge in [0.05, 0.1) is 0 Å². The Morgan fingerprint density at radius 3 is 1.29 bits per heavy atom. The Hall–Kier alpha value is -0.440. The number of hydrogen-bond donors (Lipinski definition) is 0. The van der Waals surface area contributed by atoms with Crippen LogP contribution < -0.4 is 0 Å². The molecule has 0 spiro atoms. The zero-order chi connectivity index (χ0) is 20.0. The summed E-state index contributed by atoms with van der Waals surface area (Å²) in [4.78, 5) is 0. The largest absolute Gasteiger partial charge is 0.460 e. The predicted octanol–water partition coefficient (Wildman–Crippen LogP) is 6.45. The van der Waals surface area contributed by atoms with E-state index in [1.807, 2.05) is 0 Å². The molecule has 0 aliphatic heterocycles. The Labute approximate surface area is 139 Å². The maximum absolute atomic E-state index is 13.2. The molecule has 0 aromatic rings. The molecule has 0 unspecified atom stereocenters. The summed E-state index contributed by atoms with van der Waals surface area (Å²) >= 11 is 0.936. The van der Waals surface area contributed by atoms with Crippen LogP contribution in [0.15, 0.2) is 9.66 Å². The van der Waals surface area contributed by atoms with E-state index in [-0.39, 0.29) is 0 Å². The third kappa shape index (κ3) is 3.43. The Kier molecular flexibility index (Phi) is 6.26. The van der Waals surface area contributed by atoms with E-state index in [0.29, 0.717) is 0 Å². The van der Waals surface area contributed by atoms with Gasteiger partial charge < -0.3 is 0 Å². The number of rotatable bonds is 6. The van der Waals surface area contributed by atoms with Crippen LogP contribution in [-0.2, 0) is 0 Å². The molecular weight excluding hydrogens is 494 g/mol. The van der Waals surface area contributed by atoms with Gasteiger partial charge >= 0.3 is 35.8 Å². The lowest BCUT2D eigenvalue weighted by molar-refractivity contribution is -0.436. The van der Waals surface area contributed by atoms with Crippen molar-refractivity contribution in [3.63, 3.8) is 0 Å². The maximum atomic E-state index is 13.2. The molecule has 0 nitrogen and oxygen atoms in total. The smallest absolute Gasteiger partial charge is 0.195 e. The van der Waals surface area contributed by atoms with Crippen molar-refractivity contribution in [1.82, 2.24) is 0 Å². The minimum Gasteiger partial charge on any atom is -0.195 e. The number of hydrogen-bond acceptors (Lipinski definition) is 0. The molecular formula is C10H6F13I. The zero-order valence-corrected chi connectivity index (χ0v) is 13.2. The second-order valence-electron chi connectivity index (χ2n) is 4.36. The molecule has 0 N–H and O–H groups in total. The van der Waals surface area contributed by atoms with Crippen LogP contribution in [0.4, 0.5) is 57.1 Å². The summed E-state index contributed by atoms with van der Waals surface area (Å²) in [6.45, 7) is 1.07. The molecule has 0 atom stereocenters. The van der Waals surface area contributed by atoms with Crippen LogP contribution in [0.2, 0.25) is 0 Å². The molecule has 0 heterocycles. The Bertz CT molecular complexity index is 487. The fourth-order valence-electron chi connectivity index (χ4n) is 1.17. The summed E-state index contributed by atoms with van der Waals surface area (Å²) in [6.07, 6.45) is -8.75. The van der Waals surface area contributed by atoms with Crippen molar-refractivity contribution in [2.24, 2.45) is 0 Å². The average Bonchev–Trinajstić information content (AvgIpc) is 2.35. The predicted molar refractivity (Wildman–Crippen MR) is 63.2 cm³/mol. The van der Waals surface area contributed by atoms with Crippen molar-refractivity contribution >= 4 is 22.6 Å². The fraction of sp³-hybridized carbons (Fsp3) is 0.800. The summed E-state index contributed by atoms with van der Waals surface area (Å²) in [5, 5.41) is 0. The van der Waals surface area contributed by atoms with Crippen molar-refractivity contribution in [2.75, 3.05) is 0 Å². The normalized spacial score (nSPS) is 16.5. The highest BCUT2D eigenvalue weighted by atomic mass is 127. The van der Waals surface area contributed by atoms with Crippen LogP contribution in [0.1, 0.15) is 13.3 Å². The van der Waals surface area contributed by atoms with Crippen molar-refractivity contribution in [3.05, 3.63) is 9.66 Å². The third-order valence-electron chi connectivity index (χ3n) is 2.63. The van der Waals surface area contributed by atoms with Crippen molar-refractivity contribution in [1.29, 1.82) is 0 Å². The first-order valence-corrected chi connectivity index (χ1v) is 6.61. The molecule has 0 aromatic heterocycles. The van der Waals surface area contributed by atoms with Gasteiger partial charge in [-0.05, 0) is 32.6 Å². The summed E-state index contributed by atoms with van der Waals surface area (Å²) in [5.41, 5.74) is 0. The van der Waals surface area contributed by atoms with E-state index in [1.165, 1.54) is 0 Å². The molecule has 144 valence electrons. The highest BCUT2D eigenvalue weighted by Gasteiger charge is 2.90. The third-order valence-corrected chi connectivity index (χ3v) is 3.71. The zero-order valence-electron chi connectivity index (χ0n) is 11.1. The van der Waals surface area contributed by atoms with Gasteiger partial charge in [-0.15, -0.1) is 0 Å². The molecule has 0 aromatic carbocycles. The highest BCUT2D eigenvalue weighted by Crippen LogP contribution is 2.60. The van der Waals surface area contributed by atoms with Gasteiger partial charge in [-0.3, -0.25) is 0 Å². The monoisotopic (exact) mass is 500 g/mol. The van der Waals surface area contributed by atoms with Gasteiger partial charge in [0.25, 0.3) is 0 Å². The summed E-state index contributed by atoms with van der Waals surface area (Å²) < 4.78 is 164. The molecule has 24 heavy (non-hydrogen) atoms. The number of alkyl halides is 13. The van der Waals surface area contributed by atoms with Crippen molar-refractivity contribution in [2.45, 2.75) is 49.1 Å². The first-order valence-electron chi connectivity index (χ1n) is 5.53. The van der Waals surface area contributed by atoms with Crippen LogP contribution in [0.3, 0.4) is 0 Å². The Morgan fingerprint density at radius 1 is 0.667 bits per heavy atom. The molecule has 0 radical (unpaired) electrons. The van der Waals surface area contributed by atoms with E-state index in [9.17, 15) is 57.1 Å². The lowest BCUT2D eigenvalue weighted by Crippen LogP contribution is -2.69.